The van der Waals surface area contributed by atoms with Crippen LogP contribution in [0.15, 0.2) is 99.6 Å². The molecule has 7 heteroatoms. The van der Waals surface area contributed by atoms with Gasteiger partial charge >= 0.3 is 0 Å². The van der Waals surface area contributed by atoms with E-state index in [0.29, 0.717) is 56.5 Å². The highest BCUT2D eigenvalue weighted by molar-refractivity contribution is 6.06. The molecular formula is C37H25N5O2. The van der Waals surface area contributed by atoms with E-state index < -0.39 is 0 Å². The summed E-state index contributed by atoms with van der Waals surface area (Å²) in [6, 6.07) is 22.0. The number of aryl methyl sites for hydroxylation is 1. The van der Waals surface area contributed by atoms with Crippen LogP contribution in [0.25, 0.3) is 16.7 Å². The second kappa shape index (κ2) is 11.9. The number of nitrogens with zero attached hydrogens (tertiary/aromatic N) is 5. The van der Waals surface area contributed by atoms with Gasteiger partial charge in [0, 0.05) is 22.3 Å². The summed E-state index contributed by atoms with van der Waals surface area (Å²) in [4.78, 5) is 0. The van der Waals surface area contributed by atoms with Crippen LogP contribution in [0.1, 0.15) is 46.7 Å². The number of fused-ring (bicyclic) bond motifs is 1. The molecular weight excluding hydrogens is 546 g/mol. The molecule has 2 aromatic carbocycles. The van der Waals surface area contributed by atoms with Gasteiger partial charge in [-0.2, -0.15) is 26.3 Å². The van der Waals surface area contributed by atoms with Crippen LogP contribution < -0.4 is 0 Å². The molecule has 0 aliphatic heterocycles. The lowest BCUT2D eigenvalue weighted by molar-refractivity contribution is 0.307. The van der Waals surface area contributed by atoms with Gasteiger partial charge in [0.2, 0.25) is 11.5 Å². The van der Waals surface area contributed by atoms with Crippen LogP contribution >= 0.6 is 0 Å². The standard InChI is InChI=1S/C37H25N5O2/c1-21-6-5-7-25-28(12-21)32(18-40)36(37(25)34(20-42)44-4)27-13-23(9-8-22(27)2)14-30-31(17-39)29-15-24(16-38)10-11-26(29)35(30)33(19-41)43-3/h5-6,8-13,15H,7,14H2,1-4H3/b35-33-,37-34-. The molecule has 210 valence electrons. The van der Waals surface area contributed by atoms with E-state index in [2.05, 4.69) is 30.3 Å². The average Bonchev–Trinajstić information content (AvgIpc) is 3.41. The summed E-state index contributed by atoms with van der Waals surface area (Å²) in [7, 11) is 2.86. The molecule has 0 spiro atoms. The quantitative estimate of drug-likeness (QED) is 0.273. The summed E-state index contributed by atoms with van der Waals surface area (Å²) in [5.41, 5.74) is 9.89. The number of allylic oxidation sites excluding steroid dienone is 14. The number of methoxy groups -OCH3 is 2. The Kier molecular flexibility index (Phi) is 7.88. The fourth-order valence-corrected chi connectivity index (χ4v) is 6.05. The van der Waals surface area contributed by atoms with Gasteiger partial charge in [-0.3, -0.25) is 0 Å². The zero-order valence-corrected chi connectivity index (χ0v) is 24.7. The molecule has 44 heavy (non-hydrogen) atoms. The molecule has 0 atom stereocenters. The third-order valence-corrected chi connectivity index (χ3v) is 8.00. The van der Waals surface area contributed by atoms with Gasteiger partial charge in [0.15, 0.2) is 0 Å². The Morgan fingerprint density at radius 2 is 1.48 bits per heavy atom. The Bertz CT molecular complexity index is 2100. The molecule has 0 unspecified atom stereocenters. The highest BCUT2D eigenvalue weighted by Gasteiger charge is 2.34. The van der Waals surface area contributed by atoms with Gasteiger partial charge in [-0.1, -0.05) is 48.1 Å². The van der Waals surface area contributed by atoms with Crippen molar-refractivity contribution in [2.24, 2.45) is 0 Å². The predicted molar refractivity (Wildman–Crippen MR) is 165 cm³/mol. The molecule has 7 nitrogen and oxygen atoms in total. The first-order valence-electron chi connectivity index (χ1n) is 13.7. The molecule has 0 bridgehead atoms. The first-order valence-corrected chi connectivity index (χ1v) is 13.7. The second-order valence-electron chi connectivity index (χ2n) is 10.5. The Hall–Kier alpha value is -6.33. The van der Waals surface area contributed by atoms with Crippen molar-refractivity contribution in [1.82, 2.24) is 0 Å². The first-order chi connectivity index (χ1) is 21.3. The normalized spacial score (nSPS) is 17.3. The van der Waals surface area contributed by atoms with Crippen LogP contribution in [0.2, 0.25) is 0 Å². The van der Waals surface area contributed by atoms with E-state index in [1.165, 1.54) is 14.2 Å². The Labute approximate surface area is 256 Å². The molecule has 0 heterocycles. The van der Waals surface area contributed by atoms with E-state index in [9.17, 15) is 26.3 Å². The van der Waals surface area contributed by atoms with Crippen molar-refractivity contribution in [1.29, 1.82) is 26.3 Å². The minimum Gasteiger partial charge on any atom is -0.487 e. The minimum atomic E-state index is 0.0703. The minimum absolute atomic E-state index is 0.0703. The molecule has 2 aromatic rings. The van der Waals surface area contributed by atoms with Gasteiger partial charge in [0.05, 0.1) is 37.0 Å². The van der Waals surface area contributed by atoms with Crippen molar-refractivity contribution in [3.05, 3.63) is 133 Å². The van der Waals surface area contributed by atoms with Crippen LogP contribution in [0, 0.1) is 63.6 Å². The Balaban J connectivity index is 1.73. The fraction of sp³-hybridized carbons (Fsp3) is 0.162. The highest BCUT2D eigenvalue weighted by atomic mass is 16.5. The van der Waals surface area contributed by atoms with E-state index in [0.717, 1.165) is 33.4 Å². The van der Waals surface area contributed by atoms with Gasteiger partial charge < -0.3 is 9.47 Å². The van der Waals surface area contributed by atoms with Crippen molar-refractivity contribution in [3.63, 3.8) is 0 Å². The Morgan fingerprint density at radius 1 is 0.773 bits per heavy atom. The average molecular weight is 572 g/mol. The van der Waals surface area contributed by atoms with Gasteiger partial charge in [-0.25, -0.2) is 0 Å². The lowest BCUT2D eigenvalue weighted by atomic mass is 9.87. The van der Waals surface area contributed by atoms with Gasteiger partial charge in [0.25, 0.3) is 0 Å². The molecule has 0 saturated heterocycles. The molecule has 3 aliphatic rings. The molecule has 0 saturated carbocycles. The van der Waals surface area contributed by atoms with Gasteiger partial charge in [0.1, 0.15) is 24.3 Å². The molecule has 0 fully saturated rings. The third kappa shape index (κ3) is 4.68. The molecule has 3 aliphatic carbocycles. The summed E-state index contributed by atoms with van der Waals surface area (Å²) in [5.74, 6) is 0.197. The van der Waals surface area contributed by atoms with E-state index in [1.807, 2.05) is 50.3 Å². The lowest BCUT2D eigenvalue weighted by Gasteiger charge is -2.16. The molecule has 0 amide bonds. The van der Waals surface area contributed by atoms with Crippen molar-refractivity contribution >= 4 is 16.7 Å². The maximum atomic E-state index is 10.5. The summed E-state index contributed by atoms with van der Waals surface area (Å²) in [6.45, 7) is 3.91. The molecule has 5 rings (SSSR count). The van der Waals surface area contributed by atoms with Crippen LogP contribution in [-0.4, -0.2) is 14.2 Å². The zero-order valence-electron chi connectivity index (χ0n) is 24.7. The molecule has 0 radical (unpaired) electrons. The van der Waals surface area contributed by atoms with Crippen LogP contribution in [-0.2, 0) is 15.9 Å². The monoisotopic (exact) mass is 571 g/mol. The number of benzene rings is 2. The number of ether oxygens (including phenoxy) is 2. The van der Waals surface area contributed by atoms with E-state index in [4.69, 9.17) is 9.47 Å². The van der Waals surface area contributed by atoms with Crippen molar-refractivity contribution in [2.75, 3.05) is 14.2 Å². The highest BCUT2D eigenvalue weighted by Crippen LogP contribution is 2.49. The third-order valence-electron chi connectivity index (χ3n) is 8.00. The summed E-state index contributed by atoms with van der Waals surface area (Å²) >= 11 is 0. The largest absolute Gasteiger partial charge is 0.487 e. The smallest absolute Gasteiger partial charge is 0.205 e. The Morgan fingerprint density at radius 3 is 2.11 bits per heavy atom. The first kappa shape index (κ1) is 29.2. The molecule has 0 aromatic heterocycles. The number of nitriles is 5. The van der Waals surface area contributed by atoms with E-state index in [-0.39, 0.29) is 17.9 Å². The maximum Gasteiger partial charge on any atom is 0.205 e. The van der Waals surface area contributed by atoms with Crippen molar-refractivity contribution < 1.29 is 9.47 Å². The van der Waals surface area contributed by atoms with Crippen LogP contribution in [0.4, 0.5) is 0 Å². The SMILES string of the molecule is CO/C(C#N)=C1/C2=C(C=C(C)C=CC2)C(C#N)=C1c1cc(CC2=C(C#N)c3cc(C#N)ccc3/C2=C(\C#N)OC)ccc1C. The van der Waals surface area contributed by atoms with E-state index in [1.54, 1.807) is 18.2 Å². The number of hydrogen-bond donors (Lipinski definition) is 0. The topological polar surface area (TPSA) is 137 Å². The van der Waals surface area contributed by atoms with Crippen LogP contribution in [0.5, 0.6) is 0 Å². The summed E-state index contributed by atoms with van der Waals surface area (Å²) in [5, 5.41) is 50.2. The molecule has 0 N–H and O–H groups in total. The predicted octanol–water partition coefficient (Wildman–Crippen LogP) is 7.20. The van der Waals surface area contributed by atoms with Crippen LogP contribution in [0.3, 0.4) is 0 Å². The maximum absolute atomic E-state index is 10.5. The second-order valence-corrected chi connectivity index (χ2v) is 10.5. The van der Waals surface area contributed by atoms with Crippen molar-refractivity contribution in [2.45, 2.75) is 26.7 Å². The lowest BCUT2D eigenvalue weighted by Crippen LogP contribution is -2.02. The summed E-state index contributed by atoms with van der Waals surface area (Å²) in [6.07, 6.45) is 6.78. The number of rotatable bonds is 5. The van der Waals surface area contributed by atoms with Crippen molar-refractivity contribution in [3.8, 4) is 30.3 Å². The van der Waals surface area contributed by atoms with E-state index >= 15 is 0 Å². The number of hydrogen-bond acceptors (Lipinski definition) is 7. The summed E-state index contributed by atoms with van der Waals surface area (Å²) < 4.78 is 11.0. The fourth-order valence-electron chi connectivity index (χ4n) is 6.05. The zero-order chi connectivity index (χ0) is 31.5. The van der Waals surface area contributed by atoms with Gasteiger partial charge in [-0.05, 0) is 77.8 Å². The van der Waals surface area contributed by atoms with Gasteiger partial charge in [-0.15, -0.1) is 0 Å².